The minimum Gasteiger partial charge on any atom is -0.478 e. The molecule has 4 aliphatic rings. The lowest BCUT2D eigenvalue weighted by atomic mass is 9.66. The van der Waals surface area contributed by atoms with Crippen LogP contribution in [0.1, 0.15) is 77.0 Å². The third kappa shape index (κ3) is 2.52. The van der Waals surface area contributed by atoms with Crippen LogP contribution in [0.15, 0.2) is 54.6 Å². The second-order valence-corrected chi connectivity index (χ2v) is 9.32. The predicted octanol–water partition coefficient (Wildman–Crippen LogP) is 5.89. The number of carboxylic acid groups (broad SMARTS) is 1. The molecule has 1 fully saturated rings. The van der Waals surface area contributed by atoms with E-state index >= 15 is 0 Å². The molecule has 0 bridgehead atoms. The molecule has 29 heavy (non-hydrogen) atoms. The summed E-state index contributed by atoms with van der Waals surface area (Å²) in [4.78, 5) is 14.6. The number of allylic oxidation sites excluding steroid dienone is 2. The van der Waals surface area contributed by atoms with E-state index in [1.807, 2.05) is 12.1 Å². The highest BCUT2D eigenvalue weighted by molar-refractivity contribution is 5.90. The molecule has 2 aliphatic carbocycles. The van der Waals surface area contributed by atoms with Gasteiger partial charge in [0.25, 0.3) is 0 Å². The van der Waals surface area contributed by atoms with Crippen LogP contribution < -0.4 is 4.90 Å². The first-order chi connectivity index (χ1) is 14.2. The smallest absolute Gasteiger partial charge is 0.335 e. The normalized spacial score (nSPS) is 31.7. The molecule has 5 atom stereocenters. The Morgan fingerprint density at radius 3 is 2.66 bits per heavy atom. The van der Waals surface area contributed by atoms with Gasteiger partial charge in [0.2, 0.25) is 0 Å². The van der Waals surface area contributed by atoms with Crippen LogP contribution in [0.4, 0.5) is 5.69 Å². The summed E-state index contributed by atoms with van der Waals surface area (Å²) in [6.07, 6.45) is 10.8. The topological polar surface area (TPSA) is 40.5 Å². The van der Waals surface area contributed by atoms with E-state index in [2.05, 4.69) is 47.4 Å². The average molecular weight is 386 g/mol. The van der Waals surface area contributed by atoms with Crippen LogP contribution in [-0.2, 0) is 0 Å². The average Bonchev–Trinajstić information content (AvgIpc) is 3.24. The molecule has 1 N–H and O–H groups in total. The fourth-order valence-electron chi connectivity index (χ4n) is 6.74. The van der Waals surface area contributed by atoms with Gasteiger partial charge in [-0.1, -0.05) is 55.3 Å². The summed E-state index contributed by atoms with van der Waals surface area (Å²) in [5, 5.41) is 9.83. The lowest BCUT2D eigenvalue weighted by molar-refractivity contribution is 0.0696. The first-order valence-corrected chi connectivity index (χ1v) is 11.1. The van der Waals surface area contributed by atoms with Crippen molar-refractivity contribution in [2.75, 3.05) is 11.4 Å². The fraction of sp³-hybridized carbons (Fsp3) is 0.423. The number of hydrogen-bond donors (Lipinski definition) is 1. The minimum atomic E-state index is -0.794. The number of nitrogens with zero attached hydrogens (tertiary/aromatic N) is 1. The van der Waals surface area contributed by atoms with Crippen LogP contribution in [0, 0.1) is 11.8 Å². The second-order valence-electron chi connectivity index (χ2n) is 9.32. The van der Waals surface area contributed by atoms with E-state index in [0.717, 1.165) is 13.0 Å². The summed E-state index contributed by atoms with van der Waals surface area (Å²) in [6, 6.07) is 15.3. The summed E-state index contributed by atoms with van der Waals surface area (Å²) in [7, 11) is 0. The van der Waals surface area contributed by atoms with E-state index < -0.39 is 5.97 Å². The number of carbonyl (C=O) groups is 1. The number of hydrogen-bond acceptors (Lipinski definition) is 2. The number of anilines is 1. The second kappa shape index (κ2) is 6.48. The van der Waals surface area contributed by atoms with Crippen LogP contribution in [0.5, 0.6) is 0 Å². The van der Waals surface area contributed by atoms with E-state index in [-0.39, 0.29) is 0 Å². The first kappa shape index (κ1) is 17.3. The predicted molar refractivity (Wildman–Crippen MR) is 115 cm³/mol. The maximum absolute atomic E-state index is 12.0. The number of rotatable bonds is 2. The molecule has 2 aromatic carbocycles. The first-order valence-electron chi connectivity index (χ1n) is 11.1. The number of aromatic carboxylic acids is 1. The molecule has 2 heterocycles. The third-order valence-corrected chi connectivity index (χ3v) is 7.90. The molecule has 0 amide bonds. The Bertz CT molecular complexity index is 995. The van der Waals surface area contributed by atoms with Gasteiger partial charge >= 0.3 is 5.97 Å². The van der Waals surface area contributed by atoms with E-state index in [9.17, 15) is 9.90 Å². The Morgan fingerprint density at radius 2 is 1.83 bits per heavy atom. The lowest BCUT2D eigenvalue weighted by Crippen LogP contribution is -2.47. The van der Waals surface area contributed by atoms with Crippen molar-refractivity contribution in [3.63, 3.8) is 0 Å². The Balaban J connectivity index is 1.60. The van der Waals surface area contributed by atoms with Gasteiger partial charge in [-0.05, 0) is 65.8 Å². The fourth-order valence-corrected chi connectivity index (χ4v) is 6.74. The molecule has 6 rings (SSSR count). The van der Waals surface area contributed by atoms with Crippen LogP contribution in [0.25, 0.3) is 0 Å². The SMILES string of the molecule is O=C(O)c1cc2c3c(c1)[C@@H]1CCCC[C@@H]1CN3[C@H](c1ccccc1)[C@H]1CC=C[C@@H]21. The summed E-state index contributed by atoms with van der Waals surface area (Å²) < 4.78 is 0. The number of benzene rings is 2. The molecule has 1 saturated carbocycles. The van der Waals surface area contributed by atoms with Crippen molar-refractivity contribution < 1.29 is 9.90 Å². The molecule has 0 unspecified atom stereocenters. The third-order valence-electron chi connectivity index (χ3n) is 7.90. The van der Waals surface area contributed by atoms with Crippen LogP contribution in [-0.4, -0.2) is 17.6 Å². The molecule has 2 aliphatic heterocycles. The van der Waals surface area contributed by atoms with Gasteiger partial charge in [-0.15, -0.1) is 0 Å². The van der Waals surface area contributed by atoms with Crippen LogP contribution in [0.2, 0.25) is 0 Å². The Kier molecular flexibility index (Phi) is 3.87. The van der Waals surface area contributed by atoms with Gasteiger partial charge in [-0.2, -0.15) is 0 Å². The quantitative estimate of drug-likeness (QED) is 0.655. The van der Waals surface area contributed by atoms with Gasteiger partial charge in [0, 0.05) is 18.2 Å². The molecule has 0 radical (unpaired) electrons. The largest absolute Gasteiger partial charge is 0.478 e. The summed E-state index contributed by atoms with van der Waals surface area (Å²) in [6.45, 7) is 1.11. The van der Waals surface area contributed by atoms with Crippen molar-refractivity contribution in [2.45, 2.75) is 50.0 Å². The van der Waals surface area contributed by atoms with Gasteiger partial charge in [0.1, 0.15) is 0 Å². The lowest BCUT2D eigenvalue weighted by Gasteiger charge is -2.53. The molecule has 2 aromatic rings. The molecule has 3 nitrogen and oxygen atoms in total. The number of fused-ring (bicyclic) bond motifs is 4. The van der Waals surface area contributed by atoms with Crippen molar-refractivity contribution >= 4 is 11.7 Å². The zero-order valence-electron chi connectivity index (χ0n) is 16.6. The van der Waals surface area contributed by atoms with Gasteiger partial charge in [-0.3, -0.25) is 0 Å². The summed E-state index contributed by atoms with van der Waals surface area (Å²) in [5.74, 6) is 1.18. The van der Waals surface area contributed by atoms with Crippen LogP contribution in [0.3, 0.4) is 0 Å². The maximum Gasteiger partial charge on any atom is 0.335 e. The summed E-state index contributed by atoms with van der Waals surface area (Å²) in [5.41, 5.74) is 5.81. The minimum absolute atomic E-state index is 0.324. The summed E-state index contributed by atoms with van der Waals surface area (Å²) >= 11 is 0. The Hall–Kier alpha value is -2.55. The molecular weight excluding hydrogens is 358 g/mol. The number of carboxylic acids is 1. The zero-order valence-corrected chi connectivity index (χ0v) is 16.6. The highest BCUT2D eigenvalue weighted by Crippen LogP contribution is 2.59. The highest BCUT2D eigenvalue weighted by atomic mass is 16.4. The van der Waals surface area contributed by atoms with Gasteiger partial charge in [-0.25, -0.2) is 4.79 Å². The monoisotopic (exact) mass is 385 g/mol. The van der Waals surface area contributed by atoms with E-state index in [1.165, 1.54) is 48.1 Å². The van der Waals surface area contributed by atoms with Gasteiger partial charge < -0.3 is 10.0 Å². The van der Waals surface area contributed by atoms with Crippen molar-refractivity contribution in [2.24, 2.45) is 11.8 Å². The van der Waals surface area contributed by atoms with E-state index in [0.29, 0.717) is 35.3 Å². The van der Waals surface area contributed by atoms with Gasteiger partial charge in [0.05, 0.1) is 11.6 Å². The van der Waals surface area contributed by atoms with Crippen molar-refractivity contribution in [1.29, 1.82) is 0 Å². The van der Waals surface area contributed by atoms with Crippen LogP contribution >= 0.6 is 0 Å². The molecule has 148 valence electrons. The zero-order chi connectivity index (χ0) is 19.5. The van der Waals surface area contributed by atoms with Crippen molar-refractivity contribution in [3.05, 3.63) is 76.9 Å². The molecule has 0 aromatic heterocycles. The molecular formula is C26H27NO2. The maximum atomic E-state index is 12.0. The van der Waals surface area contributed by atoms with E-state index in [4.69, 9.17) is 0 Å². The standard InChI is InChI=1S/C26H27NO2/c28-26(29)18-13-22-19-10-5-4-9-17(19)15-27-24(16-7-2-1-3-8-16)21-12-6-11-20(21)23(14-18)25(22)27/h1-3,6-8,11,13-14,17,19-21,24H,4-5,9-10,12,15H2,(H,28,29)/t17-,19-,20-,21+,24-/m1/s1. The highest BCUT2D eigenvalue weighted by Gasteiger charge is 2.48. The van der Waals surface area contributed by atoms with Crippen molar-refractivity contribution in [3.8, 4) is 0 Å². The molecule has 0 saturated heterocycles. The van der Waals surface area contributed by atoms with Crippen molar-refractivity contribution in [1.82, 2.24) is 0 Å². The van der Waals surface area contributed by atoms with Gasteiger partial charge in [0.15, 0.2) is 0 Å². The molecule has 0 spiro atoms. The molecule has 3 heteroatoms. The Labute approximate surface area is 172 Å². The Morgan fingerprint density at radius 1 is 1.03 bits per heavy atom. The van der Waals surface area contributed by atoms with E-state index in [1.54, 1.807) is 0 Å².